The Morgan fingerprint density at radius 3 is 3.00 bits per heavy atom. The second-order valence-electron chi connectivity index (χ2n) is 3.76. The number of halogens is 1. The first kappa shape index (κ1) is 13.8. The van der Waals surface area contributed by atoms with Crippen molar-refractivity contribution in [2.24, 2.45) is 0 Å². The van der Waals surface area contributed by atoms with E-state index in [4.69, 9.17) is 6.42 Å². The second-order valence-corrected chi connectivity index (χ2v) is 5.87. The molecule has 7 heteroatoms. The molecule has 98 valence electrons. The van der Waals surface area contributed by atoms with E-state index in [9.17, 15) is 4.79 Å². The summed E-state index contributed by atoms with van der Waals surface area (Å²) in [4.78, 5) is 17.3. The number of aryl methyl sites for hydroxylation is 1. The summed E-state index contributed by atoms with van der Waals surface area (Å²) < 4.78 is 1.65. The van der Waals surface area contributed by atoms with Gasteiger partial charge in [0.05, 0.1) is 18.4 Å². The van der Waals surface area contributed by atoms with Crippen LogP contribution in [0.2, 0.25) is 0 Å². The number of terminal acetylenes is 1. The van der Waals surface area contributed by atoms with Crippen LogP contribution in [0.25, 0.3) is 0 Å². The minimum Gasteiger partial charge on any atom is -0.376 e. The van der Waals surface area contributed by atoms with Crippen molar-refractivity contribution in [3.8, 4) is 12.3 Å². The molecule has 2 aromatic heterocycles. The maximum absolute atomic E-state index is 11.9. The Kier molecular flexibility index (Phi) is 4.35. The van der Waals surface area contributed by atoms with Gasteiger partial charge in [-0.25, -0.2) is 9.67 Å². The molecule has 0 radical (unpaired) electrons. The van der Waals surface area contributed by atoms with E-state index in [1.54, 1.807) is 17.5 Å². The number of hydrogen-bond donors (Lipinski definition) is 1. The summed E-state index contributed by atoms with van der Waals surface area (Å²) in [5.74, 6) is 2.38. The average Bonchev–Trinajstić information content (AvgIpc) is 2.80. The first-order chi connectivity index (χ1) is 9.11. The van der Waals surface area contributed by atoms with Gasteiger partial charge < -0.3 is 5.32 Å². The molecule has 19 heavy (non-hydrogen) atoms. The van der Waals surface area contributed by atoms with Crippen LogP contribution in [0.5, 0.6) is 0 Å². The SMILES string of the molecule is C#CCn1ncc(NCc2ncc(C)s2)c(Br)c1=O. The Bertz CT molecular complexity index is 686. The minimum absolute atomic E-state index is 0.156. The van der Waals surface area contributed by atoms with Crippen molar-refractivity contribution in [3.63, 3.8) is 0 Å². The smallest absolute Gasteiger partial charge is 0.284 e. The zero-order chi connectivity index (χ0) is 13.8. The Hall–Kier alpha value is -1.65. The molecule has 0 aromatic carbocycles. The number of aromatic nitrogens is 3. The van der Waals surface area contributed by atoms with Gasteiger partial charge in [-0.2, -0.15) is 5.10 Å². The highest BCUT2D eigenvalue weighted by Crippen LogP contribution is 2.18. The van der Waals surface area contributed by atoms with Crippen LogP contribution in [0.3, 0.4) is 0 Å². The van der Waals surface area contributed by atoms with Crippen molar-refractivity contribution in [2.45, 2.75) is 20.0 Å². The third kappa shape index (κ3) is 3.22. The van der Waals surface area contributed by atoms with Crippen LogP contribution in [0, 0.1) is 19.3 Å². The molecule has 1 N–H and O–H groups in total. The largest absolute Gasteiger partial charge is 0.376 e. The second kappa shape index (κ2) is 5.99. The third-order valence-electron chi connectivity index (χ3n) is 2.33. The maximum atomic E-state index is 11.9. The quantitative estimate of drug-likeness (QED) is 0.866. The summed E-state index contributed by atoms with van der Waals surface area (Å²) in [5, 5.41) is 8.08. The summed E-state index contributed by atoms with van der Waals surface area (Å²) in [6.45, 7) is 2.71. The summed E-state index contributed by atoms with van der Waals surface area (Å²) in [7, 11) is 0. The van der Waals surface area contributed by atoms with E-state index >= 15 is 0 Å². The average molecular weight is 339 g/mol. The molecule has 2 rings (SSSR count). The molecule has 0 aliphatic carbocycles. The number of nitrogens with one attached hydrogen (secondary N) is 1. The van der Waals surface area contributed by atoms with Gasteiger partial charge in [0.25, 0.3) is 5.56 Å². The standard InChI is InChI=1S/C12H11BrN4OS/c1-3-4-17-12(18)11(13)9(6-16-17)14-7-10-15-5-8(2)19-10/h1,5-6,14H,4,7H2,2H3. The fourth-order valence-electron chi connectivity index (χ4n) is 1.44. The van der Waals surface area contributed by atoms with E-state index in [2.05, 4.69) is 37.2 Å². The molecule has 0 amide bonds. The van der Waals surface area contributed by atoms with E-state index in [1.807, 2.05) is 13.1 Å². The number of anilines is 1. The molecule has 0 saturated carbocycles. The molecule has 0 bridgehead atoms. The molecule has 0 unspecified atom stereocenters. The Balaban J connectivity index is 2.16. The van der Waals surface area contributed by atoms with Gasteiger partial charge in [-0.05, 0) is 22.9 Å². The summed E-state index contributed by atoms with van der Waals surface area (Å²) >= 11 is 4.87. The summed E-state index contributed by atoms with van der Waals surface area (Å²) in [6, 6.07) is 0. The fourth-order valence-corrected chi connectivity index (χ4v) is 2.62. The lowest BCUT2D eigenvalue weighted by Gasteiger charge is -2.07. The van der Waals surface area contributed by atoms with Gasteiger partial charge in [0.15, 0.2) is 0 Å². The molecular weight excluding hydrogens is 328 g/mol. The Labute approximate surface area is 122 Å². The van der Waals surface area contributed by atoms with Gasteiger partial charge in [-0.1, -0.05) is 5.92 Å². The number of thiazole rings is 1. The summed E-state index contributed by atoms with van der Waals surface area (Å²) in [6.07, 6.45) is 8.56. The van der Waals surface area contributed by atoms with Crippen molar-refractivity contribution in [1.29, 1.82) is 0 Å². The van der Waals surface area contributed by atoms with Gasteiger partial charge in [-0.15, -0.1) is 17.8 Å². The number of hydrogen-bond acceptors (Lipinski definition) is 5. The van der Waals surface area contributed by atoms with Crippen LogP contribution in [-0.4, -0.2) is 14.8 Å². The van der Waals surface area contributed by atoms with E-state index in [-0.39, 0.29) is 12.1 Å². The van der Waals surface area contributed by atoms with Crippen molar-refractivity contribution in [1.82, 2.24) is 14.8 Å². The molecule has 0 aliphatic heterocycles. The lowest BCUT2D eigenvalue weighted by Crippen LogP contribution is -2.24. The fraction of sp³-hybridized carbons (Fsp3) is 0.250. The molecule has 0 saturated heterocycles. The molecule has 0 atom stereocenters. The predicted octanol–water partition coefficient (Wildman–Crippen LogP) is 2.02. The van der Waals surface area contributed by atoms with Crippen molar-refractivity contribution < 1.29 is 0 Å². The minimum atomic E-state index is -0.252. The number of nitrogens with zero attached hydrogens (tertiary/aromatic N) is 3. The highest BCUT2D eigenvalue weighted by molar-refractivity contribution is 9.10. The number of rotatable bonds is 4. The van der Waals surface area contributed by atoms with Gasteiger partial charge in [0.1, 0.15) is 16.0 Å². The monoisotopic (exact) mass is 338 g/mol. The van der Waals surface area contributed by atoms with Gasteiger partial charge in [0, 0.05) is 11.1 Å². The third-order valence-corrected chi connectivity index (χ3v) is 4.00. The van der Waals surface area contributed by atoms with Crippen LogP contribution >= 0.6 is 27.3 Å². The molecule has 2 aromatic rings. The van der Waals surface area contributed by atoms with Gasteiger partial charge in [-0.3, -0.25) is 4.79 Å². The molecule has 0 aliphatic rings. The molecule has 5 nitrogen and oxygen atoms in total. The molecule has 0 spiro atoms. The van der Waals surface area contributed by atoms with E-state index < -0.39 is 0 Å². The molecular formula is C12H11BrN4OS. The first-order valence-electron chi connectivity index (χ1n) is 5.46. The Morgan fingerprint density at radius 2 is 2.37 bits per heavy atom. The normalized spacial score (nSPS) is 10.2. The Morgan fingerprint density at radius 1 is 1.58 bits per heavy atom. The van der Waals surface area contributed by atoms with Crippen molar-refractivity contribution in [3.05, 3.63) is 37.1 Å². The van der Waals surface area contributed by atoms with Crippen LogP contribution in [0.15, 0.2) is 21.7 Å². The molecule has 2 heterocycles. The maximum Gasteiger partial charge on any atom is 0.284 e. The van der Waals surface area contributed by atoms with Crippen LogP contribution in [0.4, 0.5) is 5.69 Å². The van der Waals surface area contributed by atoms with Gasteiger partial charge >= 0.3 is 0 Å². The zero-order valence-corrected chi connectivity index (χ0v) is 12.6. The summed E-state index contributed by atoms with van der Waals surface area (Å²) in [5.41, 5.74) is 0.379. The van der Waals surface area contributed by atoms with E-state index in [1.165, 1.54) is 4.68 Å². The predicted molar refractivity (Wildman–Crippen MR) is 79.2 cm³/mol. The van der Waals surface area contributed by atoms with Crippen molar-refractivity contribution in [2.75, 3.05) is 5.32 Å². The van der Waals surface area contributed by atoms with Gasteiger partial charge in [0.2, 0.25) is 0 Å². The van der Waals surface area contributed by atoms with E-state index in [0.29, 0.717) is 16.7 Å². The lowest BCUT2D eigenvalue weighted by molar-refractivity contribution is 0.659. The molecule has 0 fully saturated rings. The van der Waals surface area contributed by atoms with Crippen LogP contribution < -0.4 is 10.9 Å². The van der Waals surface area contributed by atoms with Crippen LogP contribution in [-0.2, 0) is 13.1 Å². The highest BCUT2D eigenvalue weighted by atomic mass is 79.9. The topological polar surface area (TPSA) is 59.8 Å². The van der Waals surface area contributed by atoms with Crippen molar-refractivity contribution >= 4 is 33.0 Å². The lowest BCUT2D eigenvalue weighted by atomic mass is 10.4. The first-order valence-corrected chi connectivity index (χ1v) is 7.07. The van der Waals surface area contributed by atoms with Crippen LogP contribution in [0.1, 0.15) is 9.88 Å². The highest BCUT2D eigenvalue weighted by Gasteiger charge is 2.08. The zero-order valence-electron chi connectivity index (χ0n) is 10.2. The van der Waals surface area contributed by atoms with E-state index in [0.717, 1.165) is 9.88 Å².